The number of terminal acetylenes is 1. The summed E-state index contributed by atoms with van der Waals surface area (Å²) >= 11 is 0. The van der Waals surface area contributed by atoms with Gasteiger partial charge in [-0.15, -0.1) is 6.42 Å². The van der Waals surface area contributed by atoms with E-state index < -0.39 is 10.0 Å². The molecule has 96 valence electrons. The smallest absolute Gasteiger partial charge is 0.262 e. The first kappa shape index (κ1) is 13.2. The van der Waals surface area contributed by atoms with E-state index in [-0.39, 0.29) is 4.90 Å². The van der Waals surface area contributed by atoms with Crippen molar-refractivity contribution in [3.05, 3.63) is 59.7 Å². The SMILES string of the molecule is C#Cc1cccc(NS(=O)(=O)c2ccccc2C)c1. The number of aryl methyl sites for hydroxylation is 1. The van der Waals surface area contributed by atoms with E-state index >= 15 is 0 Å². The summed E-state index contributed by atoms with van der Waals surface area (Å²) in [5, 5.41) is 0. The number of rotatable bonds is 3. The second-order valence-corrected chi connectivity index (χ2v) is 5.75. The summed E-state index contributed by atoms with van der Waals surface area (Å²) in [6.07, 6.45) is 5.29. The topological polar surface area (TPSA) is 46.2 Å². The summed E-state index contributed by atoms with van der Waals surface area (Å²) in [7, 11) is -3.59. The number of hydrogen-bond acceptors (Lipinski definition) is 2. The highest BCUT2D eigenvalue weighted by Gasteiger charge is 2.16. The van der Waals surface area contributed by atoms with Crippen LogP contribution in [0, 0.1) is 19.3 Å². The van der Waals surface area contributed by atoms with Crippen molar-refractivity contribution in [1.29, 1.82) is 0 Å². The van der Waals surface area contributed by atoms with Crippen LogP contribution in [-0.2, 0) is 10.0 Å². The molecule has 0 aliphatic carbocycles. The quantitative estimate of drug-likeness (QED) is 0.872. The molecule has 0 radical (unpaired) electrons. The van der Waals surface area contributed by atoms with Crippen molar-refractivity contribution in [2.24, 2.45) is 0 Å². The van der Waals surface area contributed by atoms with E-state index in [2.05, 4.69) is 10.6 Å². The van der Waals surface area contributed by atoms with E-state index in [1.54, 1.807) is 55.5 Å². The minimum atomic E-state index is -3.59. The highest BCUT2D eigenvalue weighted by atomic mass is 32.2. The third kappa shape index (κ3) is 2.95. The molecule has 0 heterocycles. The molecule has 0 amide bonds. The number of anilines is 1. The Hall–Kier alpha value is -2.25. The fourth-order valence-corrected chi connectivity index (χ4v) is 3.04. The number of benzene rings is 2. The summed E-state index contributed by atoms with van der Waals surface area (Å²) in [4.78, 5) is 0.265. The van der Waals surface area contributed by atoms with Crippen molar-refractivity contribution in [3.8, 4) is 12.3 Å². The van der Waals surface area contributed by atoms with Crippen LogP contribution in [-0.4, -0.2) is 8.42 Å². The van der Waals surface area contributed by atoms with Crippen LogP contribution in [0.3, 0.4) is 0 Å². The third-order valence-electron chi connectivity index (χ3n) is 2.66. The van der Waals surface area contributed by atoms with E-state index in [1.807, 2.05) is 0 Å². The maximum absolute atomic E-state index is 12.3. The largest absolute Gasteiger partial charge is 0.280 e. The third-order valence-corrected chi connectivity index (χ3v) is 4.21. The van der Waals surface area contributed by atoms with Gasteiger partial charge in [-0.25, -0.2) is 8.42 Å². The van der Waals surface area contributed by atoms with Crippen LogP contribution in [0.2, 0.25) is 0 Å². The molecule has 0 fully saturated rings. The van der Waals surface area contributed by atoms with Crippen LogP contribution in [0.25, 0.3) is 0 Å². The molecule has 0 saturated heterocycles. The van der Waals surface area contributed by atoms with E-state index in [4.69, 9.17) is 6.42 Å². The van der Waals surface area contributed by atoms with Crippen LogP contribution in [0.5, 0.6) is 0 Å². The number of sulfonamides is 1. The molecule has 2 aromatic carbocycles. The molecule has 0 atom stereocenters. The fourth-order valence-electron chi connectivity index (χ4n) is 1.74. The van der Waals surface area contributed by atoms with Crippen molar-refractivity contribution in [3.63, 3.8) is 0 Å². The first-order valence-electron chi connectivity index (χ1n) is 5.68. The lowest BCUT2D eigenvalue weighted by atomic mass is 10.2. The van der Waals surface area contributed by atoms with Gasteiger partial charge in [0.25, 0.3) is 10.0 Å². The molecule has 0 aliphatic rings. The Balaban J connectivity index is 2.37. The highest BCUT2D eigenvalue weighted by Crippen LogP contribution is 2.19. The van der Waals surface area contributed by atoms with Crippen LogP contribution in [0.15, 0.2) is 53.4 Å². The van der Waals surface area contributed by atoms with Crippen molar-refractivity contribution >= 4 is 15.7 Å². The Morgan fingerprint density at radius 1 is 1.11 bits per heavy atom. The lowest BCUT2D eigenvalue weighted by Gasteiger charge is -2.10. The predicted octanol–water partition coefficient (Wildman–Crippen LogP) is 2.78. The zero-order valence-electron chi connectivity index (χ0n) is 10.4. The Labute approximate surface area is 113 Å². The average molecular weight is 271 g/mol. The minimum absolute atomic E-state index is 0.265. The fraction of sp³-hybridized carbons (Fsp3) is 0.0667. The van der Waals surface area contributed by atoms with Crippen LogP contribution in [0.4, 0.5) is 5.69 Å². The second kappa shape index (κ2) is 5.17. The van der Waals surface area contributed by atoms with Crippen LogP contribution in [0.1, 0.15) is 11.1 Å². The maximum Gasteiger partial charge on any atom is 0.262 e. The van der Waals surface area contributed by atoms with Crippen molar-refractivity contribution in [2.45, 2.75) is 11.8 Å². The minimum Gasteiger partial charge on any atom is -0.280 e. The first-order chi connectivity index (χ1) is 9.03. The standard InChI is InChI=1S/C15H13NO2S/c1-3-13-8-6-9-14(11-13)16-19(17,18)15-10-5-4-7-12(15)2/h1,4-11,16H,2H3. The molecule has 0 aliphatic heterocycles. The summed E-state index contributed by atoms with van der Waals surface area (Å²) < 4.78 is 27.0. The van der Waals surface area contributed by atoms with E-state index in [9.17, 15) is 8.42 Å². The van der Waals surface area contributed by atoms with Gasteiger partial charge in [0.1, 0.15) is 0 Å². The zero-order chi connectivity index (χ0) is 13.9. The Bertz CT molecular complexity index is 743. The van der Waals surface area contributed by atoms with E-state index in [0.29, 0.717) is 16.8 Å². The summed E-state index contributed by atoms with van der Waals surface area (Å²) in [5.74, 6) is 2.47. The second-order valence-electron chi connectivity index (χ2n) is 4.10. The highest BCUT2D eigenvalue weighted by molar-refractivity contribution is 7.92. The van der Waals surface area contributed by atoms with Gasteiger partial charge >= 0.3 is 0 Å². The lowest BCUT2D eigenvalue weighted by Crippen LogP contribution is -2.14. The van der Waals surface area contributed by atoms with Gasteiger partial charge in [-0.2, -0.15) is 0 Å². The molecule has 0 spiro atoms. The normalized spacial score (nSPS) is 10.7. The van der Waals surface area contributed by atoms with Gasteiger partial charge in [0.15, 0.2) is 0 Å². The Kier molecular flexibility index (Phi) is 3.59. The summed E-state index contributed by atoms with van der Waals surface area (Å²) in [6.45, 7) is 1.76. The van der Waals surface area contributed by atoms with Gasteiger partial charge < -0.3 is 0 Å². The Morgan fingerprint density at radius 3 is 2.53 bits per heavy atom. The molecule has 0 unspecified atom stereocenters. The molecule has 2 aromatic rings. The van der Waals surface area contributed by atoms with E-state index in [1.165, 1.54) is 0 Å². The lowest BCUT2D eigenvalue weighted by molar-refractivity contribution is 0.600. The molecule has 2 rings (SSSR count). The van der Waals surface area contributed by atoms with Gasteiger partial charge in [0.2, 0.25) is 0 Å². The predicted molar refractivity (Wildman–Crippen MR) is 76.4 cm³/mol. The van der Waals surface area contributed by atoms with Gasteiger partial charge in [-0.1, -0.05) is 30.2 Å². The molecular weight excluding hydrogens is 258 g/mol. The van der Waals surface area contributed by atoms with Gasteiger partial charge in [0.05, 0.1) is 10.6 Å². The number of hydrogen-bond donors (Lipinski definition) is 1. The van der Waals surface area contributed by atoms with E-state index in [0.717, 1.165) is 0 Å². The molecule has 19 heavy (non-hydrogen) atoms. The molecule has 0 saturated carbocycles. The van der Waals surface area contributed by atoms with Crippen molar-refractivity contribution in [1.82, 2.24) is 0 Å². The van der Waals surface area contributed by atoms with Gasteiger partial charge in [-0.05, 0) is 36.8 Å². The molecule has 0 aromatic heterocycles. The van der Waals surface area contributed by atoms with Crippen LogP contribution >= 0.6 is 0 Å². The molecule has 1 N–H and O–H groups in total. The summed E-state index contributed by atoms with van der Waals surface area (Å²) in [5.41, 5.74) is 1.78. The van der Waals surface area contributed by atoms with Gasteiger partial charge in [-0.3, -0.25) is 4.72 Å². The van der Waals surface area contributed by atoms with Gasteiger partial charge in [0, 0.05) is 5.56 Å². The van der Waals surface area contributed by atoms with Crippen molar-refractivity contribution < 1.29 is 8.42 Å². The van der Waals surface area contributed by atoms with Crippen molar-refractivity contribution in [2.75, 3.05) is 4.72 Å². The first-order valence-corrected chi connectivity index (χ1v) is 7.16. The molecule has 4 heteroatoms. The zero-order valence-corrected chi connectivity index (χ0v) is 11.2. The maximum atomic E-state index is 12.3. The van der Waals surface area contributed by atoms with Crippen LogP contribution < -0.4 is 4.72 Å². The molecule has 3 nitrogen and oxygen atoms in total. The monoisotopic (exact) mass is 271 g/mol. The Morgan fingerprint density at radius 2 is 1.84 bits per heavy atom. The summed E-state index contributed by atoms with van der Waals surface area (Å²) in [6, 6.07) is 13.6. The number of nitrogens with one attached hydrogen (secondary N) is 1. The molecule has 0 bridgehead atoms. The molecular formula is C15H13NO2S. The average Bonchev–Trinajstić information content (AvgIpc) is 2.38.